The molecule has 0 saturated carbocycles. The highest BCUT2D eigenvalue weighted by Gasteiger charge is 2.21. The molecule has 0 aliphatic carbocycles. The van der Waals surface area contributed by atoms with Crippen LogP contribution < -0.4 is 10.5 Å². The van der Waals surface area contributed by atoms with Gasteiger partial charge in [0, 0.05) is 6.54 Å². The lowest BCUT2D eigenvalue weighted by atomic mass is 10.1. The van der Waals surface area contributed by atoms with Gasteiger partial charge >= 0.3 is 5.97 Å². The van der Waals surface area contributed by atoms with E-state index in [1.165, 1.54) is 7.11 Å². The summed E-state index contributed by atoms with van der Waals surface area (Å²) in [5.41, 5.74) is 4.16. The lowest BCUT2D eigenvalue weighted by Gasteiger charge is -2.10. The lowest BCUT2D eigenvalue weighted by molar-refractivity contribution is 0.0684. The second kappa shape index (κ2) is 4.84. The van der Waals surface area contributed by atoms with Gasteiger partial charge in [-0.05, 0) is 11.6 Å². The molecule has 0 radical (unpaired) electrons. The molecule has 0 saturated heterocycles. The minimum Gasteiger partial charge on any atom is -0.494 e. The van der Waals surface area contributed by atoms with Gasteiger partial charge in [-0.1, -0.05) is 0 Å². The molecule has 0 spiro atoms. The number of halogens is 2. The molecule has 3 N–H and O–H groups in total. The van der Waals surface area contributed by atoms with Crippen molar-refractivity contribution >= 4 is 5.97 Å². The van der Waals surface area contributed by atoms with Gasteiger partial charge in [0.05, 0.1) is 7.11 Å². The van der Waals surface area contributed by atoms with Crippen LogP contribution in [0.5, 0.6) is 5.75 Å². The highest BCUT2D eigenvalue weighted by atomic mass is 19.3. The molecule has 1 aromatic rings. The van der Waals surface area contributed by atoms with Gasteiger partial charge in [0.2, 0.25) is 0 Å². The Morgan fingerprint density at radius 3 is 2.69 bits per heavy atom. The molecule has 5 nitrogen and oxygen atoms in total. The molecule has 16 heavy (non-hydrogen) atoms. The fourth-order valence-corrected chi connectivity index (χ4v) is 1.21. The van der Waals surface area contributed by atoms with E-state index in [-0.39, 0.29) is 17.9 Å². The number of carboxylic acid groups (broad SMARTS) is 1. The van der Waals surface area contributed by atoms with Gasteiger partial charge in [-0.3, -0.25) is 0 Å². The number of carbonyl (C=O) groups is 1. The number of rotatable bonds is 4. The van der Waals surface area contributed by atoms with Crippen molar-refractivity contribution in [3.05, 3.63) is 23.0 Å². The van der Waals surface area contributed by atoms with Gasteiger partial charge in [0.15, 0.2) is 11.4 Å². The van der Waals surface area contributed by atoms with Crippen LogP contribution in [0.15, 0.2) is 6.07 Å². The number of alkyl halides is 2. The Morgan fingerprint density at radius 1 is 1.69 bits per heavy atom. The molecule has 88 valence electrons. The van der Waals surface area contributed by atoms with E-state index in [1.54, 1.807) is 0 Å². The van der Waals surface area contributed by atoms with Gasteiger partial charge in [-0.2, -0.15) is 0 Å². The zero-order valence-electron chi connectivity index (χ0n) is 8.41. The van der Waals surface area contributed by atoms with E-state index in [2.05, 4.69) is 4.98 Å². The van der Waals surface area contributed by atoms with E-state index in [1.807, 2.05) is 0 Å². The van der Waals surface area contributed by atoms with Crippen molar-refractivity contribution in [3.63, 3.8) is 0 Å². The molecule has 0 aromatic carbocycles. The minimum atomic E-state index is -2.87. The Balaban J connectivity index is 3.40. The van der Waals surface area contributed by atoms with Crippen molar-refractivity contribution in [1.82, 2.24) is 4.98 Å². The third kappa shape index (κ3) is 2.25. The van der Waals surface area contributed by atoms with Crippen LogP contribution >= 0.6 is 0 Å². The van der Waals surface area contributed by atoms with Gasteiger partial charge in [-0.25, -0.2) is 18.6 Å². The standard InChI is InChI=1S/C9H10F2N2O3/c1-16-5-2-4(3-12)6(8(10)11)13-7(5)9(14)15/h2,8H,3,12H2,1H3,(H,14,15). The maximum Gasteiger partial charge on any atom is 0.358 e. The monoisotopic (exact) mass is 232 g/mol. The lowest BCUT2D eigenvalue weighted by Crippen LogP contribution is -2.11. The zero-order valence-corrected chi connectivity index (χ0v) is 8.41. The molecule has 0 amide bonds. The fraction of sp³-hybridized carbons (Fsp3) is 0.333. The summed E-state index contributed by atoms with van der Waals surface area (Å²) >= 11 is 0. The normalized spacial score (nSPS) is 10.6. The van der Waals surface area contributed by atoms with Crippen LogP contribution in [-0.2, 0) is 6.54 Å². The molecule has 0 aliphatic rings. The summed E-state index contributed by atoms with van der Waals surface area (Å²) in [6, 6.07) is 1.16. The van der Waals surface area contributed by atoms with Crippen molar-refractivity contribution in [1.29, 1.82) is 0 Å². The molecule has 0 aliphatic heterocycles. The number of aromatic nitrogens is 1. The van der Waals surface area contributed by atoms with E-state index in [9.17, 15) is 13.6 Å². The SMILES string of the molecule is COc1cc(CN)c(C(F)F)nc1C(=O)O. The molecule has 1 heterocycles. The van der Waals surface area contributed by atoms with Crippen LogP contribution in [0.3, 0.4) is 0 Å². The molecular formula is C9H10F2N2O3. The zero-order chi connectivity index (χ0) is 12.3. The second-order valence-corrected chi connectivity index (χ2v) is 2.89. The van der Waals surface area contributed by atoms with E-state index in [0.717, 1.165) is 6.07 Å². The summed E-state index contributed by atoms with van der Waals surface area (Å²) in [4.78, 5) is 14.1. The average Bonchev–Trinajstić information content (AvgIpc) is 2.26. The first-order chi connectivity index (χ1) is 7.51. The maximum absolute atomic E-state index is 12.5. The summed E-state index contributed by atoms with van der Waals surface area (Å²) in [6.07, 6.45) is -2.87. The molecule has 0 atom stereocenters. The first-order valence-corrected chi connectivity index (χ1v) is 4.30. The second-order valence-electron chi connectivity index (χ2n) is 2.89. The van der Waals surface area contributed by atoms with Crippen molar-refractivity contribution in [2.45, 2.75) is 13.0 Å². The van der Waals surface area contributed by atoms with Crippen molar-refractivity contribution in [3.8, 4) is 5.75 Å². The van der Waals surface area contributed by atoms with Gasteiger partial charge in [0.25, 0.3) is 6.43 Å². The van der Waals surface area contributed by atoms with Crippen molar-refractivity contribution < 1.29 is 23.4 Å². The summed E-state index contributed by atoms with van der Waals surface area (Å²) in [7, 11) is 1.23. The molecular weight excluding hydrogens is 222 g/mol. The largest absolute Gasteiger partial charge is 0.494 e. The van der Waals surface area contributed by atoms with Gasteiger partial charge < -0.3 is 15.6 Å². The molecule has 7 heteroatoms. The Kier molecular flexibility index (Phi) is 3.73. The summed E-state index contributed by atoms with van der Waals surface area (Å²) in [5.74, 6) is -1.51. The first kappa shape index (κ1) is 12.3. The first-order valence-electron chi connectivity index (χ1n) is 4.30. The van der Waals surface area contributed by atoms with Crippen LogP contribution in [0, 0.1) is 0 Å². The Morgan fingerprint density at radius 2 is 2.31 bits per heavy atom. The predicted molar refractivity (Wildman–Crippen MR) is 50.6 cm³/mol. The average molecular weight is 232 g/mol. The van der Waals surface area contributed by atoms with Crippen LogP contribution in [0.2, 0.25) is 0 Å². The van der Waals surface area contributed by atoms with Crippen LogP contribution in [0.1, 0.15) is 28.2 Å². The summed E-state index contributed by atoms with van der Waals surface area (Å²) in [5, 5.41) is 8.75. The van der Waals surface area contributed by atoms with Crippen LogP contribution in [0.25, 0.3) is 0 Å². The van der Waals surface area contributed by atoms with E-state index < -0.39 is 23.8 Å². The number of pyridine rings is 1. The number of aromatic carboxylic acids is 1. The number of hydrogen-bond acceptors (Lipinski definition) is 4. The number of nitrogens with zero attached hydrogens (tertiary/aromatic N) is 1. The highest BCUT2D eigenvalue weighted by Crippen LogP contribution is 2.26. The predicted octanol–water partition coefficient (Wildman–Crippen LogP) is 1.18. The molecule has 0 fully saturated rings. The number of methoxy groups -OCH3 is 1. The number of carboxylic acids is 1. The Labute approximate surface area is 89.9 Å². The summed E-state index contributed by atoms with van der Waals surface area (Å²) in [6.45, 7) is -0.164. The molecule has 0 bridgehead atoms. The highest BCUT2D eigenvalue weighted by molar-refractivity contribution is 5.88. The van der Waals surface area contributed by atoms with Crippen molar-refractivity contribution in [2.75, 3.05) is 7.11 Å². The fourth-order valence-electron chi connectivity index (χ4n) is 1.21. The van der Waals surface area contributed by atoms with Crippen molar-refractivity contribution in [2.24, 2.45) is 5.73 Å². The van der Waals surface area contributed by atoms with E-state index >= 15 is 0 Å². The van der Waals surface area contributed by atoms with E-state index in [4.69, 9.17) is 15.6 Å². The smallest absolute Gasteiger partial charge is 0.358 e. The quantitative estimate of drug-likeness (QED) is 0.814. The molecule has 0 unspecified atom stereocenters. The third-order valence-corrected chi connectivity index (χ3v) is 1.95. The van der Waals surface area contributed by atoms with Gasteiger partial charge in [-0.15, -0.1) is 0 Å². The summed E-state index contributed by atoms with van der Waals surface area (Å²) < 4.78 is 29.8. The van der Waals surface area contributed by atoms with Crippen LogP contribution in [-0.4, -0.2) is 23.2 Å². The van der Waals surface area contributed by atoms with E-state index in [0.29, 0.717) is 0 Å². The Hall–Kier alpha value is -1.76. The molecule has 1 rings (SSSR count). The molecule has 1 aromatic heterocycles. The van der Waals surface area contributed by atoms with Gasteiger partial charge in [0.1, 0.15) is 5.69 Å². The number of ether oxygens (including phenoxy) is 1. The van der Waals surface area contributed by atoms with Crippen LogP contribution in [0.4, 0.5) is 8.78 Å². The topological polar surface area (TPSA) is 85.4 Å². The Bertz CT molecular complexity index is 410. The number of hydrogen-bond donors (Lipinski definition) is 2. The number of nitrogens with two attached hydrogens (primary N) is 1. The third-order valence-electron chi connectivity index (χ3n) is 1.95. The minimum absolute atomic E-state index is 0.0665. The maximum atomic E-state index is 12.5.